The Bertz CT molecular complexity index is 339. The summed E-state index contributed by atoms with van der Waals surface area (Å²) in [6, 6.07) is 1.78. The minimum atomic E-state index is -0.526. The highest BCUT2D eigenvalue weighted by Gasteiger charge is 2.13. The van der Waals surface area contributed by atoms with E-state index >= 15 is 0 Å². The molecule has 0 aromatic carbocycles. The van der Waals surface area contributed by atoms with E-state index in [0.29, 0.717) is 5.82 Å². The highest BCUT2D eigenvalue weighted by atomic mass is 16.3. The molecule has 0 fully saturated rings. The Kier molecular flexibility index (Phi) is 3.47. The molecule has 1 heterocycles. The van der Waals surface area contributed by atoms with Gasteiger partial charge in [-0.25, -0.2) is 0 Å². The van der Waals surface area contributed by atoms with Crippen molar-refractivity contribution in [2.75, 3.05) is 11.9 Å². The molecule has 0 aliphatic carbocycles. The first-order valence-electron chi connectivity index (χ1n) is 4.86. The number of aromatic nitrogens is 2. The lowest BCUT2D eigenvalue weighted by atomic mass is 9.91. The first-order chi connectivity index (χ1) is 6.90. The van der Waals surface area contributed by atoms with Gasteiger partial charge in [-0.1, -0.05) is 20.8 Å². The predicted molar refractivity (Wildman–Crippen MR) is 57.5 cm³/mol. The predicted octanol–water partition coefficient (Wildman–Crippen LogP) is 0.929. The van der Waals surface area contributed by atoms with Crippen LogP contribution in [0.4, 0.5) is 5.82 Å². The number of anilines is 1. The van der Waals surface area contributed by atoms with Crippen LogP contribution in [-0.2, 0) is 11.2 Å². The number of hydrogen-bond acceptors (Lipinski definition) is 3. The van der Waals surface area contributed by atoms with Gasteiger partial charge in [0.15, 0.2) is 5.82 Å². The van der Waals surface area contributed by atoms with Crippen molar-refractivity contribution in [1.29, 1.82) is 0 Å². The molecule has 1 rings (SSSR count). The van der Waals surface area contributed by atoms with E-state index < -0.39 is 12.5 Å². The minimum absolute atomic E-state index is 0.171. The zero-order valence-electron chi connectivity index (χ0n) is 9.29. The molecule has 15 heavy (non-hydrogen) atoms. The molecule has 5 nitrogen and oxygen atoms in total. The van der Waals surface area contributed by atoms with Crippen LogP contribution in [0.3, 0.4) is 0 Å². The van der Waals surface area contributed by atoms with Crippen LogP contribution in [0.2, 0.25) is 0 Å². The lowest BCUT2D eigenvalue weighted by molar-refractivity contribution is -0.118. The van der Waals surface area contributed by atoms with Gasteiger partial charge in [0, 0.05) is 11.8 Å². The average Bonchev–Trinajstić information content (AvgIpc) is 2.49. The van der Waals surface area contributed by atoms with Crippen LogP contribution in [0.15, 0.2) is 6.07 Å². The van der Waals surface area contributed by atoms with E-state index in [1.165, 1.54) is 0 Å². The zero-order valence-corrected chi connectivity index (χ0v) is 9.29. The highest BCUT2D eigenvalue weighted by Crippen LogP contribution is 2.20. The minimum Gasteiger partial charge on any atom is -0.387 e. The van der Waals surface area contributed by atoms with E-state index in [4.69, 9.17) is 5.11 Å². The molecule has 0 atom stereocenters. The smallest absolute Gasteiger partial charge is 0.251 e. The maximum Gasteiger partial charge on any atom is 0.251 e. The first-order valence-corrected chi connectivity index (χ1v) is 4.86. The topological polar surface area (TPSA) is 78.0 Å². The zero-order chi connectivity index (χ0) is 11.5. The van der Waals surface area contributed by atoms with E-state index in [-0.39, 0.29) is 5.41 Å². The number of nitrogens with one attached hydrogen (secondary N) is 2. The Morgan fingerprint density at radius 3 is 2.80 bits per heavy atom. The van der Waals surface area contributed by atoms with Gasteiger partial charge < -0.3 is 10.4 Å². The lowest BCUT2D eigenvalue weighted by Crippen LogP contribution is -2.15. The number of aliphatic hydroxyl groups is 1. The molecular formula is C10H17N3O2. The summed E-state index contributed by atoms with van der Waals surface area (Å²) in [5.74, 6) is -0.00268. The molecule has 0 saturated heterocycles. The van der Waals surface area contributed by atoms with E-state index in [1.54, 1.807) is 6.07 Å². The fraction of sp³-hybridized carbons (Fsp3) is 0.600. The number of aliphatic hydroxyl groups excluding tert-OH is 1. The van der Waals surface area contributed by atoms with Crippen molar-refractivity contribution in [2.45, 2.75) is 27.2 Å². The normalized spacial score (nSPS) is 11.5. The van der Waals surface area contributed by atoms with Gasteiger partial charge in [0.05, 0.1) is 0 Å². The van der Waals surface area contributed by atoms with Gasteiger partial charge in [0.2, 0.25) is 0 Å². The van der Waals surface area contributed by atoms with Gasteiger partial charge in [-0.2, -0.15) is 5.10 Å². The lowest BCUT2D eigenvalue weighted by Gasteiger charge is -2.15. The standard InChI is InChI=1S/C10H17N3O2/c1-10(2,3)5-7-4-8(13-12-7)11-9(15)6-14/h4,14H,5-6H2,1-3H3,(H2,11,12,13,15). The van der Waals surface area contributed by atoms with Crippen molar-refractivity contribution in [2.24, 2.45) is 5.41 Å². The van der Waals surface area contributed by atoms with Crippen molar-refractivity contribution in [3.63, 3.8) is 0 Å². The van der Waals surface area contributed by atoms with Gasteiger partial charge in [-0.05, 0) is 11.8 Å². The molecule has 84 valence electrons. The molecule has 5 heteroatoms. The summed E-state index contributed by atoms with van der Waals surface area (Å²) in [5, 5.41) is 17.8. The molecule has 0 unspecified atom stereocenters. The van der Waals surface area contributed by atoms with E-state index in [2.05, 4.69) is 36.3 Å². The number of hydrogen-bond donors (Lipinski definition) is 3. The molecule has 0 aliphatic heterocycles. The second kappa shape index (κ2) is 4.44. The Hall–Kier alpha value is -1.36. The van der Waals surface area contributed by atoms with Gasteiger partial charge >= 0.3 is 0 Å². The third kappa shape index (κ3) is 4.12. The highest BCUT2D eigenvalue weighted by molar-refractivity contribution is 5.90. The van der Waals surface area contributed by atoms with E-state index in [1.807, 2.05) is 0 Å². The third-order valence-corrected chi connectivity index (χ3v) is 1.76. The largest absolute Gasteiger partial charge is 0.387 e. The van der Waals surface area contributed by atoms with Crippen LogP contribution in [0, 0.1) is 5.41 Å². The fourth-order valence-corrected chi connectivity index (χ4v) is 1.27. The Morgan fingerprint density at radius 2 is 2.27 bits per heavy atom. The fourth-order valence-electron chi connectivity index (χ4n) is 1.27. The summed E-state index contributed by atoms with van der Waals surface area (Å²) < 4.78 is 0. The molecule has 0 saturated carbocycles. The maximum atomic E-state index is 10.9. The summed E-state index contributed by atoms with van der Waals surface area (Å²) in [6.45, 7) is 5.85. The Labute approximate surface area is 88.9 Å². The second-order valence-electron chi connectivity index (χ2n) is 4.72. The molecule has 0 radical (unpaired) electrons. The van der Waals surface area contributed by atoms with Crippen molar-refractivity contribution in [3.8, 4) is 0 Å². The van der Waals surface area contributed by atoms with Crippen LogP contribution in [0.25, 0.3) is 0 Å². The van der Waals surface area contributed by atoms with Crippen molar-refractivity contribution >= 4 is 11.7 Å². The van der Waals surface area contributed by atoms with Crippen LogP contribution >= 0.6 is 0 Å². The average molecular weight is 211 g/mol. The van der Waals surface area contributed by atoms with Crippen molar-refractivity contribution < 1.29 is 9.90 Å². The van der Waals surface area contributed by atoms with Gasteiger partial charge in [-0.3, -0.25) is 9.89 Å². The van der Waals surface area contributed by atoms with Crippen LogP contribution in [0.5, 0.6) is 0 Å². The second-order valence-corrected chi connectivity index (χ2v) is 4.72. The van der Waals surface area contributed by atoms with Gasteiger partial charge in [-0.15, -0.1) is 0 Å². The van der Waals surface area contributed by atoms with Crippen LogP contribution in [0.1, 0.15) is 26.5 Å². The van der Waals surface area contributed by atoms with Gasteiger partial charge in [0.1, 0.15) is 6.61 Å². The summed E-state index contributed by atoms with van der Waals surface area (Å²) in [7, 11) is 0. The molecule has 0 spiro atoms. The van der Waals surface area contributed by atoms with E-state index in [0.717, 1.165) is 12.1 Å². The number of amides is 1. The number of carbonyl (C=O) groups excluding carboxylic acids is 1. The molecule has 3 N–H and O–H groups in total. The third-order valence-electron chi connectivity index (χ3n) is 1.76. The molecule has 0 aliphatic rings. The number of carbonyl (C=O) groups is 1. The number of rotatable bonds is 3. The van der Waals surface area contributed by atoms with Crippen molar-refractivity contribution in [1.82, 2.24) is 10.2 Å². The quantitative estimate of drug-likeness (QED) is 0.696. The summed E-state index contributed by atoms with van der Waals surface area (Å²) in [6.07, 6.45) is 0.856. The van der Waals surface area contributed by atoms with Crippen LogP contribution in [-0.4, -0.2) is 27.8 Å². The Balaban J connectivity index is 2.60. The maximum absolute atomic E-state index is 10.9. The molecule has 1 amide bonds. The molecule has 0 bridgehead atoms. The van der Waals surface area contributed by atoms with E-state index in [9.17, 15) is 4.79 Å². The molecule has 1 aromatic heterocycles. The summed E-state index contributed by atoms with van der Waals surface area (Å²) in [4.78, 5) is 10.9. The SMILES string of the molecule is CC(C)(C)Cc1cc(NC(=O)CO)n[nH]1. The number of H-pyrrole nitrogens is 1. The molecule has 1 aromatic rings. The molecular weight excluding hydrogens is 194 g/mol. The summed E-state index contributed by atoms with van der Waals surface area (Å²) >= 11 is 0. The summed E-state index contributed by atoms with van der Waals surface area (Å²) in [5.41, 5.74) is 1.14. The first kappa shape index (κ1) is 11.7. The monoisotopic (exact) mass is 211 g/mol. The van der Waals surface area contributed by atoms with Crippen LogP contribution < -0.4 is 5.32 Å². The van der Waals surface area contributed by atoms with Crippen molar-refractivity contribution in [3.05, 3.63) is 11.8 Å². The number of nitrogens with zero attached hydrogens (tertiary/aromatic N) is 1. The Morgan fingerprint density at radius 1 is 1.60 bits per heavy atom. The number of aromatic amines is 1. The van der Waals surface area contributed by atoms with Gasteiger partial charge in [0.25, 0.3) is 5.91 Å².